The minimum absolute atomic E-state index is 0.0335. The molecule has 0 spiro atoms. The van der Waals surface area contributed by atoms with Gasteiger partial charge in [0.25, 0.3) is 5.91 Å². The van der Waals surface area contributed by atoms with Crippen LogP contribution < -0.4 is 10.5 Å². The number of primary amides is 1. The highest BCUT2D eigenvalue weighted by Crippen LogP contribution is 2.29. The summed E-state index contributed by atoms with van der Waals surface area (Å²) >= 11 is 0. The van der Waals surface area contributed by atoms with Gasteiger partial charge in [0, 0.05) is 11.1 Å². The van der Waals surface area contributed by atoms with Crippen LogP contribution in [0.25, 0.3) is 11.1 Å². The molecule has 24 heavy (non-hydrogen) atoms. The van der Waals surface area contributed by atoms with Crippen molar-refractivity contribution in [3.05, 3.63) is 53.8 Å². The van der Waals surface area contributed by atoms with E-state index in [0.29, 0.717) is 11.1 Å². The Morgan fingerprint density at radius 2 is 1.75 bits per heavy atom. The van der Waals surface area contributed by atoms with Gasteiger partial charge in [-0.2, -0.15) is 0 Å². The van der Waals surface area contributed by atoms with E-state index in [2.05, 4.69) is 4.72 Å². The molecule has 0 aliphatic carbocycles. The predicted molar refractivity (Wildman–Crippen MR) is 90.4 cm³/mol. The van der Waals surface area contributed by atoms with Gasteiger partial charge in [0.1, 0.15) is 5.82 Å². The zero-order valence-electron chi connectivity index (χ0n) is 13.6. The Hall–Kier alpha value is -2.25. The maximum Gasteiger partial charge on any atom is 0.251 e. The minimum atomic E-state index is -3.80. The molecule has 128 valence electrons. The van der Waals surface area contributed by atoms with Gasteiger partial charge in [0.2, 0.25) is 10.0 Å². The second kappa shape index (κ2) is 6.33. The summed E-state index contributed by atoms with van der Waals surface area (Å²) in [5.74, 6) is -1.68. The molecular weight excluding hydrogens is 331 g/mol. The van der Waals surface area contributed by atoms with E-state index in [4.69, 9.17) is 5.73 Å². The summed E-state index contributed by atoms with van der Waals surface area (Å²) in [6.45, 7) is 5.19. The third kappa shape index (κ3) is 3.98. The van der Waals surface area contributed by atoms with Crippen molar-refractivity contribution >= 4 is 15.9 Å². The van der Waals surface area contributed by atoms with Crippen molar-refractivity contribution in [2.24, 2.45) is 5.73 Å². The Balaban J connectivity index is 2.58. The number of hydrogen-bond acceptors (Lipinski definition) is 3. The van der Waals surface area contributed by atoms with E-state index >= 15 is 0 Å². The lowest BCUT2D eigenvalue weighted by molar-refractivity contribution is 0.0996. The lowest BCUT2D eigenvalue weighted by Crippen LogP contribution is -2.40. The molecule has 2 aromatic carbocycles. The van der Waals surface area contributed by atoms with Crippen molar-refractivity contribution in [3.8, 4) is 11.1 Å². The molecule has 2 rings (SSSR count). The van der Waals surface area contributed by atoms with Crippen molar-refractivity contribution < 1.29 is 17.6 Å². The zero-order chi connectivity index (χ0) is 18.1. The smallest absolute Gasteiger partial charge is 0.251 e. The Bertz CT molecular complexity index is 887. The fourth-order valence-electron chi connectivity index (χ4n) is 2.28. The average Bonchev–Trinajstić information content (AvgIpc) is 2.44. The summed E-state index contributed by atoms with van der Waals surface area (Å²) in [5, 5.41) is 0. The van der Waals surface area contributed by atoms with Crippen LogP contribution in [-0.4, -0.2) is 19.9 Å². The molecule has 3 N–H and O–H groups in total. The van der Waals surface area contributed by atoms with Gasteiger partial charge in [0.05, 0.1) is 10.5 Å². The predicted octanol–water partition coefficient (Wildman–Crippen LogP) is 2.67. The Kier molecular flexibility index (Phi) is 4.77. The first-order valence-corrected chi connectivity index (χ1v) is 8.72. The lowest BCUT2D eigenvalue weighted by Gasteiger charge is -2.21. The third-order valence-electron chi connectivity index (χ3n) is 3.16. The number of carbonyl (C=O) groups excluding carboxylic acids is 1. The van der Waals surface area contributed by atoms with Crippen molar-refractivity contribution in [2.45, 2.75) is 31.2 Å². The number of halogens is 1. The normalized spacial score (nSPS) is 12.2. The van der Waals surface area contributed by atoms with Crippen LogP contribution in [0.3, 0.4) is 0 Å². The van der Waals surface area contributed by atoms with Gasteiger partial charge in [-0.1, -0.05) is 24.3 Å². The Morgan fingerprint density at radius 1 is 1.12 bits per heavy atom. The highest BCUT2D eigenvalue weighted by Gasteiger charge is 2.25. The molecule has 0 unspecified atom stereocenters. The average molecular weight is 350 g/mol. The summed E-state index contributed by atoms with van der Waals surface area (Å²) in [7, 11) is -3.80. The first kappa shape index (κ1) is 18.1. The van der Waals surface area contributed by atoms with Crippen LogP contribution in [0.5, 0.6) is 0 Å². The molecule has 1 amide bonds. The topological polar surface area (TPSA) is 89.3 Å². The van der Waals surface area contributed by atoms with E-state index in [9.17, 15) is 17.6 Å². The summed E-state index contributed by atoms with van der Waals surface area (Å²) in [4.78, 5) is 11.2. The summed E-state index contributed by atoms with van der Waals surface area (Å²) in [6.07, 6.45) is 0. The van der Waals surface area contributed by atoms with Gasteiger partial charge >= 0.3 is 0 Å². The largest absolute Gasteiger partial charge is 0.366 e. The maximum atomic E-state index is 14.0. The molecule has 2 aromatic rings. The number of nitrogens with one attached hydrogen (secondary N) is 1. The highest BCUT2D eigenvalue weighted by molar-refractivity contribution is 7.89. The molecule has 0 radical (unpaired) electrons. The molecule has 0 saturated heterocycles. The fraction of sp³-hybridized carbons (Fsp3) is 0.235. The number of benzene rings is 2. The second-order valence-electron chi connectivity index (χ2n) is 6.41. The number of sulfonamides is 1. The van der Waals surface area contributed by atoms with E-state index in [1.165, 1.54) is 18.2 Å². The third-order valence-corrected chi connectivity index (χ3v) is 4.98. The van der Waals surface area contributed by atoms with Crippen LogP contribution in [0, 0.1) is 5.82 Å². The van der Waals surface area contributed by atoms with Gasteiger partial charge in [-0.25, -0.2) is 17.5 Å². The monoisotopic (exact) mass is 350 g/mol. The number of carbonyl (C=O) groups is 1. The molecule has 0 bridgehead atoms. The summed E-state index contributed by atoms with van der Waals surface area (Å²) < 4.78 is 41.8. The van der Waals surface area contributed by atoms with Crippen molar-refractivity contribution in [1.29, 1.82) is 0 Å². The van der Waals surface area contributed by atoms with Crippen LogP contribution in [0.15, 0.2) is 47.4 Å². The molecule has 0 aromatic heterocycles. The van der Waals surface area contributed by atoms with Crippen LogP contribution in [0.4, 0.5) is 4.39 Å². The number of hydrogen-bond donors (Lipinski definition) is 2. The minimum Gasteiger partial charge on any atom is -0.366 e. The van der Waals surface area contributed by atoms with Crippen molar-refractivity contribution in [3.63, 3.8) is 0 Å². The van der Waals surface area contributed by atoms with Gasteiger partial charge in [-0.3, -0.25) is 4.79 Å². The van der Waals surface area contributed by atoms with Gasteiger partial charge in [-0.05, 0) is 44.5 Å². The number of rotatable bonds is 4. The van der Waals surface area contributed by atoms with E-state index in [0.717, 1.165) is 6.07 Å². The summed E-state index contributed by atoms with van der Waals surface area (Å²) in [6, 6.07) is 10.1. The van der Waals surface area contributed by atoms with Gasteiger partial charge in [-0.15, -0.1) is 0 Å². The second-order valence-corrected chi connectivity index (χ2v) is 8.06. The van der Waals surface area contributed by atoms with Crippen molar-refractivity contribution in [2.75, 3.05) is 0 Å². The number of nitrogens with two attached hydrogens (primary N) is 1. The maximum absolute atomic E-state index is 14.0. The lowest BCUT2D eigenvalue weighted by atomic mass is 10.0. The van der Waals surface area contributed by atoms with Crippen LogP contribution in [0.2, 0.25) is 0 Å². The van der Waals surface area contributed by atoms with E-state index in [1.807, 2.05) is 0 Å². The molecule has 0 aliphatic rings. The quantitative estimate of drug-likeness (QED) is 0.888. The standard InChI is InChI=1S/C17H19FN2O3S/c1-17(2,3)20-24(22,23)15-7-5-4-6-12(15)11-8-9-13(16(19)21)14(18)10-11/h4-10,20H,1-3H3,(H2,19,21). The molecule has 0 fully saturated rings. The fourth-order valence-corrected chi connectivity index (χ4v) is 3.93. The van der Waals surface area contributed by atoms with E-state index < -0.39 is 27.3 Å². The first-order valence-electron chi connectivity index (χ1n) is 7.24. The molecule has 0 atom stereocenters. The van der Waals surface area contributed by atoms with Gasteiger partial charge < -0.3 is 5.73 Å². The molecular formula is C17H19FN2O3S. The zero-order valence-corrected chi connectivity index (χ0v) is 14.4. The molecule has 7 heteroatoms. The SMILES string of the molecule is CC(C)(C)NS(=O)(=O)c1ccccc1-c1ccc(C(N)=O)c(F)c1. The Morgan fingerprint density at radius 3 is 2.29 bits per heavy atom. The van der Waals surface area contributed by atoms with E-state index in [1.54, 1.807) is 39.0 Å². The summed E-state index contributed by atoms with van der Waals surface area (Å²) in [5.41, 5.74) is 4.86. The van der Waals surface area contributed by atoms with Gasteiger partial charge in [0.15, 0.2) is 0 Å². The molecule has 0 heterocycles. The van der Waals surface area contributed by atoms with Crippen molar-refractivity contribution in [1.82, 2.24) is 4.72 Å². The van der Waals surface area contributed by atoms with Crippen LogP contribution >= 0.6 is 0 Å². The molecule has 0 saturated carbocycles. The first-order chi connectivity index (χ1) is 11.0. The molecule has 5 nitrogen and oxygen atoms in total. The molecule has 0 aliphatic heterocycles. The van der Waals surface area contributed by atoms with Crippen LogP contribution in [-0.2, 0) is 10.0 Å². The van der Waals surface area contributed by atoms with E-state index in [-0.39, 0.29) is 10.5 Å². The Labute approximate surface area is 140 Å². The highest BCUT2D eigenvalue weighted by atomic mass is 32.2. The van der Waals surface area contributed by atoms with Crippen LogP contribution in [0.1, 0.15) is 31.1 Å². The number of amides is 1.